The first-order chi connectivity index (χ1) is 7.16. The highest BCUT2D eigenvalue weighted by atomic mass is 16.5. The van der Waals surface area contributed by atoms with Crippen molar-refractivity contribution in [1.29, 1.82) is 0 Å². The van der Waals surface area contributed by atoms with Gasteiger partial charge < -0.3 is 14.7 Å². The Bertz CT molecular complexity index is 269. The molecule has 0 aromatic carbocycles. The molecule has 0 bridgehead atoms. The number of nitrogens with zero attached hydrogens (tertiary/aromatic N) is 1. The Labute approximate surface area is 88.0 Å². The maximum Gasteiger partial charge on any atom is 0.305 e. The molecule has 0 atom stereocenters. The van der Waals surface area contributed by atoms with E-state index in [1.807, 2.05) is 0 Å². The van der Waals surface area contributed by atoms with Crippen LogP contribution in [-0.4, -0.2) is 47.7 Å². The van der Waals surface area contributed by atoms with Crippen LogP contribution in [0.2, 0.25) is 0 Å². The molecule has 1 aliphatic carbocycles. The number of carboxylic acids is 1. The van der Waals surface area contributed by atoms with E-state index in [1.54, 1.807) is 4.90 Å². The molecule has 2 fully saturated rings. The second-order valence-corrected chi connectivity index (χ2v) is 4.15. The van der Waals surface area contributed by atoms with E-state index in [9.17, 15) is 9.59 Å². The van der Waals surface area contributed by atoms with Gasteiger partial charge in [0.15, 0.2) is 0 Å². The molecule has 2 aliphatic rings. The number of hydrogen-bond donors (Lipinski definition) is 1. The molecule has 1 amide bonds. The lowest BCUT2D eigenvalue weighted by atomic mass is 10.1. The summed E-state index contributed by atoms with van der Waals surface area (Å²) in [5.74, 6) is -0.335. The molecule has 1 heterocycles. The van der Waals surface area contributed by atoms with Crippen molar-refractivity contribution in [3.63, 3.8) is 0 Å². The highest BCUT2D eigenvalue weighted by Crippen LogP contribution is 2.32. The molecule has 0 aromatic rings. The van der Waals surface area contributed by atoms with Crippen molar-refractivity contribution >= 4 is 11.9 Å². The molecule has 1 saturated carbocycles. The Morgan fingerprint density at radius 1 is 1.33 bits per heavy atom. The zero-order valence-corrected chi connectivity index (χ0v) is 8.52. The van der Waals surface area contributed by atoms with E-state index in [1.165, 1.54) is 0 Å². The minimum atomic E-state index is -0.847. The lowest BCUT2D eigenvalue weighted by molar-refractivity contribution is -0.149. The quantitative estimate of drug-likeness (QED) is 0.703. The van der Waals surface area contributed by atoms with Crippen molar-refractivity contribution in [2.75, 3.05) is 19.7 Å². The molecule has 1 aliphatic heterocycles. The first-order valence-corrected chi connectivity index (χ1v) is 5.29. The molecule has 1 saturated heterocycles. The molecule has 5 heteroatoms. The number of rotatable bonds is 5. The van der Waals surface area contributed by atoms with Gasteiger partial charge in [0.25, 0.3) is 0 Å². The fraction of sp³-hybridized carbons (Fsp3) is 0.800. The van der Waals surface area contributed by atoms with Crippen molar-refractivity contribution in [3.8, 4) is 0 Å². The van der Waals surface area contributed by atoms with Gasteiger partial charge in [0.05, 0.1) is 19.1 Å². The Balaban J connectivity index is 1.57. The topological polar surface area (TPSA) is 66.8 Å². The molecular formula is C10H15NO4. The van der Waals surface area contributed by atoms with Crippen molar-refractivity contribution < 1.29 is 19.4 Å². The fourth-order valence-corrected chi connectivity index (χ4v) is 1.62. The van der Waals surface area contributed by atoms with Crippen LogP contribution in [0.4, 0.5) is 0 Å². The summed E-state index contributed by atoms with van der Waals surface area (Å²) in [7, 11) is 0. The molecule has 0 unspecified atom stereocenters. The lowest BCUT2D eigenvalue weighted by Crippen LogP contribution is -2.55. The SMILES string of the molecule is O=C(O)CCOC1CN(C(=O)C2CC2)C1. The van der Waals surface area contributed by atoms with Gasteiger partial charge in [-0.05, 0) is 12.8 Å². The summed E-state index contributed by atoms with van der Waals surface area (Å²) >= 11 is 0. The molecule has 0 spiro atoms. The number of carbonyl (C=O) groups is 2. The lowest BCUT2D eigenvalue weighted by Gasteiger charge is -2.39. The van der Waals surface area contributed by atoms with Crippen LogP contribution in [0.25, 0.3) is 0 Å². The zero-order valence-electron chi connectivity index (χ0n) is 8.52. The monoisotopic (exact) mass is 213 g/mol. The van der Waals surface area contributed by atoms with E-state index in [2.05, 4.69) is 0 Å². The zero-order chi connectivity index (χ0) is 10.8. The highest BCUT2D eigenvalue weighted by Gasteiger charge is 2.39. The predicted octanol–water partition coefficient (Wildman–Crippen LogP) is 0.0985. The predicted molar refractivity (Wildman–Crippen MR) is 51.3 cm³/mol. The van der Waals surface area contributed by atoms with E-state index < -0.39 is 5.97 Å². The third-order valence-corrected chi connectivity index (χ3v) is 2.76. The molecule has 0 aromatic heterocycles. The van der Waals surface area contributed by atoms with Gasteiger partial charge in [-0.3, -0.25) is 9.59 Å². The summed E-state index contributed by atoms with van der Waals surface area (Å²) in [6.07, 6.45) is 2.14. The maximum atomic E-state index is 11.5. The van der Waals surface area contributed by atoms with Crippen LogP contribution in [0.15, 0.2) is 0 Å². The molecule has 5 nitrogen and oxygen atoms in total. The molecule has 0 radical (unpaired) electrons. The third-order valence-electron chi connectivity index (χ3n) is 2.76. The van der Waals surface area contributed by atoms with Gasteiger partial charge in [-0.25, -0.2) is 0 Å². The minimum Gasteiger partial charge on any atom is -0.481 e. The standard InChI is InChI=1S/C10H15NO4/c12-9(13)3-4-15-8-5-11(6-8)10(14)7-1-2-7/h7-8H,1-6H2,(H,12,13). The average molecular weight is 213 g/mol. The number of hydrogen-bond acceptors (Lipinski definition) is 3. The van der Waals surface area contributed by atoms with E-state index in [0.717, 1.165) is 12.8 Å². The van der Waals surface area contributed by atoms with E-state index >= 15 is 0 Å². The van der Waals surface area contributed by atoms with Gasteiger partial charge in [0.1, 0.15) is 0 Å². The summed E-state index contributed by atoms with van der Waals surface area (Å²) in [6, 6.07) is 0. The summed E-state index contributed by atoms with van der Waals surface area (Å²) in [5, 5.41) is 8.39. The summed E-state index contributed by atoms with van der Waals surface area (Å²) in [5.41, 5.74) is 0. The Morgan fingerprint density at radius 2 is 2.00 bits per heavy atom. The molecule has 2 rings (SSSR count). The Hall–Kier alpha value is -1.10. The number of carboxylic acid groups (broad SMARTS) is 1. The first-order valence-electron chi connectivity index (χ1n) is 5.29. The first kappa shape index (κ1) is 10.4. The van der Waals surface area contributed by atoms with Gasteiger partial charge in [0, 0.05) is 19.0 Å². The Morgan fingerprint density at radius 3 is 2.53 bits per heavy atom. The molecular weight excluding hydrogens is 198 g/mol. The van der Waals surface area contributed by atoms with Crippen molar-refractivity contribution in [2.24, 2.45) is 5.92 Å². The van der Waals surface area contributed by atoms with Crippen LogP contribution in [0.1, 0.15) is 19.3 Å². The number of ether oxygens (including phenoxy) is 1. The van der Waals surface area contributed by atoms with Crippen LogP contribution < -0.4 is 0 Å². The van der Waals surface area contributed by atoms with Crippen molar-refractivity contribution in [3.05, 3.63) is 0 Å². The number of likely N-dealkylation sites (tertiary alicyclic amines) is 1. The van der Waals surface area contributed by atoms with Crippen molar-refractivity contribution in [1.82, 2.24) is 4.90 Å². The number of carbonyl (C=O) groups excluding carboxylic acids is 1. The fourth-order valence-electron chi connectivity index (χ4n) is 1.62. The molecule has 15 heavy (non-hydrogen) atoms. The largest absolute Gasteiger partial charge is 0.481 e. The van der Waals surface area contributed by atoms with Crippen LogP contribution >= 0.6 is 0 Å². The highest BCUT2D eigenvalue weighted by molar-refractivity contribution is 5.81. The van der Waals surface area contributed by atoms with E-state index in [4.69, 9.17) is 9.84 Å². The maximum absolute atomic E-state index is 11.5. The second-order valence-electron chi connectivity index (χ2n) is 4.15. The molecule has 84 valence electrons. The number of aliphatic carboxylic acids is 1. The summed E-state index contributed by atoms with van der Waals surface area (Å²) in [4.78, 5) is 23.5. The van der Waals surface area contributed by atoms with Crippen molar-refractivity contribution in [2.45, 2.75) is 25.4 Å². The van der Waals surface area contributed by atoms with E-state index in [0.29, 0.717) is 13.1 Å². The molecule has 1 N–H and O–H groups in total. The van der Waals surface area contributed by atoms with Gasteiger partial charge in [0.2, 0.25) is 5.91 Å². The average Bonchev–Trinajstić information content (AvgIpc) is 2.90. The minimum absolute atomic E-state index is 0.0348. The van der Waals surface area contributed by atoms with Gasteiger partial charge in [-0.15, -0.1) is 0 Å². The van der Waals surface area contributed by atoms with Gasteiger partial charge in [-0.2, -0.15) is 0 Å². The van der Waals surface area contributed by atoms with Crippen LogP contribution in [0.3, 0.4) is 0 Å². The van der Waals surface area contributed by atoms with Gasteiger partial charge >= 0.3 is 5.97 Å². The normalized spacial score (nSPS) is 21.2. The summed E-state index contributed by atoms with van der Waals surface area (Å²) < 4.78 is 5.29. The van der Waals surface area contributed by atoms with Crippen LogP contribution in [0, 0.1) is 5.92 Å². The second kappa shape index (κ2) is 4.18. The smallest absolute Gasteiger partial charge is 0.305 e. The Kier molecular flexibility index (Phi) is 2.90. The third kappa shape index (κ3) is 2.68. The number of amides is 1. The van der Waals surface area contributed by atoms with Crippen LogP contribution in [-0.2, 0) is 14.3 Å². The van der Waals surface area contributed by atoms with Crippen LogP contribution in [0.5, 0.6) is 0 Å². The van der Waals surface area contributed by atoms with E-state index in [-0.39, 0.29) is 31.0 Å². The summed E-state index contributed by atoms with van der Waals surface area (Å²) in [6.45, 7) is 1.51. The van der Waals surface area contributed by atoms with Gasteiger partial charge in [-0.1, -0.05) is 0 Å².